The molecule has 0 aliphatic heterocycles. The smallest absolute Gasteiger partial charge is 0.410 e. The second kappa shape index (κ2) is 11.7. The molecule has 150 valence electrons. The Hall–Kier alpha value is -1.92. The van der Waals surface area contributed by atoms with Crippen molar-refractivity contribution in [2.45, 2.75) is 38.2 Å². The summed E-state index contributed by atoms with van der Waals surface area (Å²) in [5.41, 5.74) is 0. The third kappa shape index (κ3) is 8.54. The van der Waals surface area contributed by atoms with Crippen LogP contribution in [0.1, 0.15) is 32.1 Å². The molecule has 0 saturated heterocycles. The summed E-state index contributed by atoms with van der Waals surface area (Å²) < 4.78 is 24.0. The Balaban J connectivity index is 1.54. The number of likely N-dealkylation sites (N-methyl/N-ethyl adjacent to an activating group) is 1. The van der Waals surface area contributed by atoms with Crippen molar-refractivity contribution in [3.63, 3.8) is 0 Å². The van der Waals surface area contributed by atoms with Crippen LogP contribution >= 0.6 is 0 Å². The zero-order chi connectivity index (χ0) is 19.5. The molecule has 0 spiro atoms. The number of carbonyl (C=O) groups is 1. The van der Waals surface area contributed by atoms with Crippen LogP contribution in [0.4, 0.5) is 9.18 Å². The van der Waals surface area contributed by atoms with E-state index in [0.29, 0.717) is 24.3 Å². The van der Waals surface area contributed by atoms with E-state index in [9.17, 15) is 9.18 Å². The molecule has 1 aromatic carbocycles. The van der Waals surface area contributed by atoms with Gasteiger partial charge in [0.05, 0.1) is 6.10 Å². The average molecular weight is 378 g/mol. The van der Waals surface area contributed by atoms with E-state index >= 15 is 0 Å². The van der Waals surface area contributed by atoms with Gasteiger partial charge >= 0.3 is 6.09 Å². The molecule has 0 atom stereocenters. The highest BCUT2D eigenvalue weighted by molar-refractivity contribution is 5.70. The van der Waals surface area contributed by atoms with E-state index in [1.807, 2.05) is 6.08 Å². The van der Waals surface area contributed by atoms with E-state index in [1.54, 1.807) is 0 Å². The van der Waals surface area contributed by atoms with Crippen molar-refractivity contribution < 1.29 is 18.7 Å². The van der Waals surface area contributed by atoms with Crippen molar-refractivity contribution in [3.05, 3.63) is 42.7 Å². The number of carbonyl (C=O) groups excluding carboxylic acids is 1. The summed E-state index contributed by atoms with van der Waals surface area (Å²) in [6.07, 6.45) is 6.91. The molecule has 1 N–H and O–H groups in total. The maximum Gasteiger partial charge on any atom is 0.412 e. The molecule has 0 radical (unpaired) electrons. The minimum Gasteiger partial charge on any atom is -0.410 e. The summed E-state index contributed by atoms with van der Waals surface area (Å²) in [4.78, 5) is 14.0. The molecule has 0 bridgehead atoms. The summed E-state index contributed by atoms with van der Waals surface area (Å²) >= 11 is 0. The fourth-order valence-corrected chi connectivity index (χ4v) is 3.27. The molecule has 0 unspecified atom stereocenters. The summed E-state index contributed by atoms with van der Waals surface area (Å²) in [6.45, 7) is 7.05. The number of nitrogens with zero attached hydrogens (tertiary/aromatic N) is 1. The number of hydrogen-bond acceptors (Lipinski definition) is 4. The van der Waals surface area contributed by atoms with Crippen LogP contribution in [0.3, 0.4) is 0 Å². The van der Waals surface area contributed by atoms with Crippen molar-refractivity contribution in [1.82, 2.24) is 10.2 Å². The van der Waals surface area contributed by atoms with Crippen LogP contribution in [0.5, 0.6) is 5.75 Å². The number of halogens is 1. The van der Waals surface area contributed by atoms with Crippen LogP contribution in [0.25, 0.3) is 0 Å². The molecule has 5 nitrogen and oxygen atoms in total. The highest BCUT2D eigenvalue weighted by Crippen LogP contribution is 2.26. The molecule has 1 aliphatic carbocycles. The van der Waals surface area contributed by atoms with Gasteiger partial charge in [-0.2, -0.15) is 0 Å². The standard InChI is InChI=1S/C21H31FN2O3/c1-3-13-24(2)14-4-15-26-19-9-5-17(6-10-19)16-23-21(25)27-20-11-7-18(22)8-12-20/h3,7-8,11-12,17,19H,1,4-6,9-10,13-16H2,2H3,(H,23,25). The Morgan fingerprint density at radius 3 is 2.67 bits per heavy atom. The Bertz CT molecular complexity index is 571. The molecule has 0 aromatic heterocycles. The monoisotopic (exact) mass is 378 g/mol. The van der Waals surface area contributed by atoms with Gasteiger partial charge in [-0.15, -0.1) is 6.58 Å². The highest BCUT2D eigenvalue weighted by atomic mass is 19.1. The first kappa shape index (κ1) is 21.4. The van der Waals surface area contributed by atoms with Gasteiger partial charge in [-0.3, -0.25) is 0 Å². The minimum atomic E-state index is -0.497. The van der Waals surface area contributed by atoms with E-state index in [2.05, 4.69) is 23.8 Å². The van der Waals surface area contributed by atoms with Crippen molar-refractivity contribution in [2.75, 3.05) is 33.3 Å². The molecular formula is C21H31FN2O3. The molecule has 1 saturated carbocycles. The quantitative estimate of drug-likeness (QED) is 0.494. The minimum absolute atomic E-state index is 0.331. The molecule has 27 heavy (non-hydrogen) atoms. The zero-order valence-electron chi connectivity index (χ0n) is 16.2. The van der Waals surface area contributed by atoms with E-state index in [0.717, 1.165) is 51.8 Å². The first-order valence-corrected chi connectivity index (χ1v) is 9.69. The lowest BCUT2D eigenvalue weighted by Crippen LogP contribution is -2.34. The van der Waals surface area contributed by atoms with Gasteiger partial charge in [-0.25, -0.2) is 9.18 Å². The number of ether oxygens (including phenoxy) is 2. The lowest BCUT2D eigenvalue weighted by Gasteiger charge is -2.28. The third-order valence-corrected chi connectivity index (χ3v) is 4.83. The van der Waals surface area contributed by atoms with E-state index < -0.39 is 6.09 Å². The number of benzene rings is 1. The van der Waals surface area contributed by atoms with Crippen LogP contribution in [-0.2, 0) is 4.74 Å². The van der Waals surface area contributed by atoms with Crippen molar-refractivity contribution >= 4 is 6.09 Å². The van der Waals surface area contributed by atoms with Crippen LogP contribution in [0.15, 0.2) is 36.9 Å². The van der Waals surface area contributed by atoms with Gasteiger partial charge in [0.15, 0.2) is 0 Å². The van der Waals surface area contributed by atoms with Crippen molar-refractivity contribution in [1.29, 1.82) is 0 Å². The fraction of sp³-hybridized carbons (Fsp3) is 0.571. The number of amides is 1. The predicted molar refractivity (Wildman–Crippen MR) is 104 cm³/mol. The number of rotatable bonds is 10. The van der Waals surface area contributed by atoms with Crippen LogP contribution in [0, 0.1) is 11.7 Å². The number of nitrogens with one attached hydrogen (secondary N) is 1. The summed E-state index contributed by atoms with van der Waals surface area (Å²) in [6, 6.07) is 5.40. The largest absolute Gasteiger partial charge is 0.412 e. The molecule has 2 rings (SSSR count). The molecule has 1 aromatic rings. The van der Waals surface area contributed by atoms with Gasteiger partial charge in [-0.05, 0) is 69.3 Å². The van der Waals surface area contributed by atoms with E-state index in [1.165, 1.54) is 24.3 Å². The Kier molecular flexibility index (Phi) is 9.28. The Morgan fingerprint density at radius 2 is 2.00 bits per heavy atom. The van der Waals surface area contributed by atoms with Gasteiger partial charge in [0, 0.05) is 26.2 Å². The van der Waals surface area contributed by atoms with Gasteiger partial charge in [0.25, 0.3) is 0 Å². The second-order valence-electron chi connectivity index (χ2n) is 7.14. The first-order valence-electron chi connectivity index (χ1n) is 9.69. The van der Waals surface area contributed by atoms with Crippen molar-refractivity contribution in [2.24, 2.45) is 5.92 Å². The second-order valence-corrected chi connectivity index (χ2v) is 7.14. The molecular weight excluding hydrogens is 347 g/mol. The zero-order valence-corrected chi connectivity index (χ0v) is 16.2. The van der Waals surface area contributed by atoms with Crippen LogP contribution in [-0.4, -0.2) is 50.4 Å². The first-order chi connectivity index (χ1) is 13.1. The normalized spacial score (nSPS) is 19.7. The third-order valence-electron chi connectivity index (χ3n) is 4.83. The lowest BCUT2D eigenvalue weighted by molar-refractivity contribution is 0.0149. The fourth-order valence-electron chi connectivity index (χ4n) is 3.27. The molecule has 0 heterocycles. The SMILES string of the molecule is C=CCN(C)CCCOC1CCC(CNC(=O)Oc2ccc(F)cc2)CC1. The summed E-state index contributed by atoms with van der Waals surface area (Å²) in [5, 5.41) is 2.80. The van der Waals surface area contributed by atoms with Gasteiger partial charge in [-0.1, -0.05) is 6.08 Å². The van der Waals surface area contributed by atoms with Gasteiger partial charge in [0.1, 0.15) is 11.6 Å². The number of hydrogen-bond donors (Lipinski definition) is 1. The Morgan fingerprint density at radius 1 is 1.30 bits per heavy atom. The van der Waals surface area contributed by atoms with E-state index in [-0.39, 0.29) is 5.82 Å². The Labute approximate surface area is 161 Å². The summed E-state index contributed by atoms with van der Waals surface area (Å²) in [5.74, 6) is 0.430. The lowest BCUT2D eigenvalue weighted by atomic mass is 9.87. The van der Waals surface area contributed by atoms with Gasteiger partial charge in [0.2, 0.25) is 0 Å². The molecule has 1 aliphatic rings. The predicted octanol–water partition coefficient (Wildman–Crippen LogP) is 4.00. The average Bonchev–Trinajstić information content (AvgIpc) is 2.66. The molecule has 1 fully saturated rings. The maximum absolute atomic E-state index is 12.8. The van der Waals surface area contributed by atoms with Crippen molar-refractivity contribution in [3.8, 4) is 5.75 Å². The maximum atomic E-state index is 12.8. The highest BCUT2D eigenvalue weighted by Gasteiger charge is 2.22. The van der Waals surface area contributed by atoms with Crippen LogP contribution < -0.4 is 10.1 Å². The van der Waals surface area contributed by atoms with E-state index in [4.69, 9.17) is 9.47 Å². The molecule has 6 heteroatoms. The summed E-state index contributed by atoms with van der Waals surface area (Å²) in [7, 11) is 2.08. The topological polar surface area (TPSA) is 50.8 Å². The van der Waals surface area contributed by atoms with Crippen LogP contribution in [0.2, 0.25) is 0 Å². The molecule has 1 amide bonds. The van der Waals surface area contributed by atoms with Gasteiger partial charge < -0.3 is 19.7 Å².